The van der Waals surface area contributed by atoms with Crippen LogP contribution in [0.25, 0.3) is 0 Å². The molecule has 1 heterocycles. The average Bonchev–Trinajstić information content (AvgIpc) is 2.36. The van der Waals surface area contributed by atoms with E-state index in [4.69, 9.17) is 4.74 Å². The van der Waals surface area contributed by atoms with Gasteiger partial charge in [0.1, 0.15) is 5.82 Å². The highest BCUT2D eigenvalue weighted by Crippen LogP contribution is 2.36. The van der Waals surface area contributed by atoms with Crippen molar-refractivity contribution in [2.75, 3.05) is 13.2 Å². The maximum atomic E-state index is 13.4. The SMILES string of the molecule is CCNC(c1cccc(F)c1)C1(C)CCCCO1. The zero-order valence-corrected chi connectivity index (χ0v) is 11.2. The summed E-state index contributed by atoms with van der Waals surface area (Å²) in [5.41, 5.74) is 0.739. The van der Waals surface area contributed by atoms with E-state index in [1.165, 1.54) is 12.5 Å². The normalized spacial score (nSPS) is 25.9. The number of halogens is 1. The number of rotatable bonds is 4. The monoisotopic (exact) mass is 251 g/mol. The van der Waals surface area contributed by atoms with Gasteiger partial charge in [-0.15, -0.1) is 0 Å². The molecule has 1 saturated heterocycles. The number of hydrogen-bond acceptors (Lipinski definition) is 2. The Morgan fingerprint density at radius 2 is 2.28 bits per heavy atom. The van der Waals surface area contributed by atoms with Crippen LogP contribution < -0.4 is 5.32 Å². The molecule has 2 atom stereocenters. The third-order valence-corrected chi connectivity index (χ3v) is 3.70. The van der Waals surface area contributed by atoms with E-state index in [-0.39, 0.29) is 17.5 Å². The van der Waals surface area contributed by atoms with E-state index in [2.05, 4.69) is 19.2 Å². The molecule has 1 N–H and O–H groups in total. The molecular formula is C15H22FNO. The first-order valence-electron chi connectivity index (χ1n) is 6.78. The van der Waals surface area contributed by atoms with E-state index < -0.39 is 0 Å². The van der Waals surface area contributed by atoms with Crippen molar-refractivity contribution >= 4 is 0 Å². The predicted molar refractivity (Wildman–Crippen MR) is 71.0 cm³/mol. The van der Waals surface area contributed by atoms with Crippen molar-refractivity contribution in [3.05, 3.63) is 35.6 Å². The standard InChI is InChI=1S/C15H22FNO/c1-3-17-14(12-7-6-8-13(16)11-12)15(2)9-4-5-10-18-15/h6-8,11,14,17H,3-5,9-10H2,1-2H3. The summed E-state index contributed by atoms with van der Waals surface area (Å²) < 4.78 is 19.4. The van der Waals surface area contributed by atoms with Crippen LogP contribution in [0.5, 0.6) is 0 Å². The van der Waals surface area contributed by atoms with Gasteiger partial charge < -0.3 is 10.1 Å². The first kappa shape index (κ1) is 13.5. The molecular weight excluding hydrogens is 229 g/mol. The molecule has 0 spiro atoms. The molecule has 0 bridgehead atoms. The fourth-order valence-corrected chi connectivity index (χ4v) is 2.76. The summed E-state index contributed by atoms with van der Waals surface area (Å²) in [7, 11) is 0. The van der Waals surface area contributed by atoms with E-state index in [9.17, 15) is 4.39 Å². The third kappa shape index (κ3) is 2.90. The van der Waals surface area contributed by atoms with Crippen LogP contribution in [0, 0.1) is 5.82 Å². The second-order valence-corrected chi connectivity index (χ2v) is 5.16. The first-order chi connectivity index (χ1) is 8.65. The molecule has 0 amide bonds. The maximum absolute atomic E-state index is 13.4. The van der Waals surface area contributed by atoms with Gasteiger partial charge in [-0.25, -0.2) is 4.39 Å². The molecule has 100 valence electrons. The van der Waals surface area contributed by atoms with Crippen molar-refractivity contribution < 1.29 is 9.13 Å². The van der Waals surface area contributed by atoms with Crippen molar-refractivity contribution in [1.29, 1.82) is 0 Å². The molecule has 0 saturated carbocycles. The summed E-state index contributed by atoms with van der Waals surface area (Å²) >= 11 is 0. The van der Waals surface area contributed by atoms with Crippen molar-refractivity contribution in [2.45, 2.75) is 44.8 Å². The lowest BCUT2D eigenvalue weighted by Crippen LogP contribution is -2.45. The van der Waals surface area contributed by atoms with E-state index in [0.29, 0.717) is 0 Å². The van der Waals surface area contributed by atoms with Gasteiger partial charge in [-0.05, 0) is 50.4 Å². The maximum Gasteiger partial charge on any atom is 0.123 e. The number of likely N-dealkylation sites (N-methyl/N-ethyl adjacent to an activating group) is 1. The van der Waals surface area contributed by atoms with Crippen LogP contribution in [0.15, 0.2) is 24.3 Å². The summed E-state index contributed by atoms with van der Waals surface area (Å²) in [5, 5.41) is 3.44. The molecule has 1 aliphatic heterocycles. The Hall–Kier alpha value is -0.930. The van der Waals surface area contributed by atoms with Gasteiger partial charge in [-0.3, -0.25) is 0 Å². The van der Waals surface area contributed by atoms with Crippen molar-refractivity contribution in [1.82, 2.24) is 5.32 Å². The van der Waals surface area contributed by atoms with Gasteiger partial charge in [0.2, 0.25) is 0 Å². The van der Waals surface area contributed by atoms with Gasteiger partial charge in [-0.2, -0.15) is 0 Å². The van der Waals surface area contributed by atoms with Crippen LogP contribution >= 0.6 is 0 Å². The smallest absolute Gasteiger partial charge is 0.123 e. The zero-order chi connectivity index (χ0) is 13.0. The number of benzene rings is 1. The van der Waals surface area contributed by atoms with Crippen LogP contribution in [0.4, 0.5) is 4.39 Å². The van der Waals surface area contributed by atoms with E-state index in [1.54, 1.807) is 12.1 Å². The van der Waals surface area contributed by atoms with Crippen molar-refractivity contribution in [2.24, 2.45) is 0 Å². The Kier molecular flexibility index (Phi) is 4.36. The molecule has 1 aromatic rings. The quantitative estimate of drug-likeness (QED) is 0.885. The molecule has 1 aromatic carbocycles. The first-order valence-corrected chi connectivity index (χ1v) is 6.78. The van der Waals surface area contributed by atoms with Crippen molar-refractivity contribution in [3.63, 3.8) is 0 Å². The topological polar surface area (TPSA) is 21.3 Å². The van der Waals surface area contributed by atoms with Gasteiger partial charge >= 0.3 is 0 Å². The molecule has 2 unspecified atom stereocenters. The van der Waals surface area contributed by atoms with Gasteiger partial charge in [-0.1, -0.05) is 19.1 Å². The van der Waals surface area contributed by atoms with Crippen LogP contribution in [0.2, 0.25) is 0 Å². The highest BCUT2D eigenvalue weighted by atomic mass is 19.1. The number of hydrogen-bond donors (Lipinski definition) is 1. The fraction of sp³-hybridized carbons (Fsp3) is 0.600. The molecule has 0 aliphatic carbocycles. The van der Waals surface area contributed by atoms with Gasteiger partial charge in [0.05, 0.1) is 11.6 Å². The minimum atomic E-state index is -0.234. The molecule has 2 nitrogen and oxygen atoms in total. The largest absolute Gasteiger partial charge is 0.373 e. The summed E-state index contributed by atoms with van der Waals surface area (Å²) in [6, 6.07) is 6.88. The molecule has 18 heavy (non-hydrogen) atoms. The lowest BCUT2D eigenvalue weighted by molar-refractivity contribution is -0.0895. The molecule has 1 aliphatic rings. The van der Waals surface area contributed by atoms with Gasteiger partial charge in [0.25, 0.3) is 0 Å². The van der Waals surface area contributed by atoms with Crippen LogP contribution in [-0.4, -0.2) is 18.8 Å². The number of nitrogens with one attached hydrogen (secondary N) is 1. The van der Waals surface area contributed by atoms with Crippen molar-refractivity contribution in [3.8, 4) is 0 Å². The molecule has 0 aromatic heterocycles. The highest BCUT2D eigenvalue weighted by molar-refractivity contribution is 5.23. The molecule has 1 fully saturated rings. The predicted octanol–water partition coefficient (Wildman–Crippen LogP) is 3.44. The Morgan fingerprint density at radius 1 is 1.44 bits per heavy atom. The van der Waals surface area contributed by atoms with Gasteiger partial charge in [0.15, 0.2) is 0 Å². The Balaban J connectivity index is 2.26. The highest BCUT2D eigenvalue weighted by Gasteiger charge is 2.37. The van der Waals surface area contributed by atoms with E-state index in [0.717, 1.165) is 31.6 Å². The van der Waals surface area contributed by atoms with Crippen LogP contribution in [0.3, 0.4) is 0 Å². The molecule has 3 heteroatoms. The summed E-state index contributed by atoms with van der Waals surface area (Å²) in [5.74, 6) is -0.185. The zero-order valence-electron chi connectivity index (χ0n) is 11.2. The van der Waals surface area contributed by atoms with Gasteiger partial charge in [0, 0.05) is 6.61 Å². The lowest BCUT2D eigenvalue weighted by Gasteiger charge is -2.41. The Morgan fingerprint density at radius 3 is 2.89 bits per heavy atom. The Bertz CT molecular complexity index is 388. The van der Waals surface area contributed by atoms with Crippen LogP contribution in [-0.2, 0) is 4.74 Å². The second kappa shape index (κ2) is 5.81. The summed E-state index contributed by atoms with van der Waals surface area (Å²) in [6.45, 7) is 5.84. The molecule has 0 radical (unpaired) electrons. The third-order valence-electron chi connectivity index (χ3n) is 3.70. The van der Waals surface area contributed by atoms with Crippen LogP contribution in [0.1, 0.15) is 44.7 Å². The fourth-order valence-electron chi connectivity index (χ4n) is 2.76. The minimum absolute atomic E-state index is 0.0542. The molecule has 2 rings (SSSR count). The second-order valence-electron chi connectivity index (χ2n) is 5.16. The van der Waals surface area contributed by atoms with E-state index in [1.807, 2.05) is 6.07 Å². The summed E-state index contributed by atoms with van der Waals surface area (Å²) in [6.07, 6.45) is 3.31. The number of ether oxygens (including phenoxy) is 1. The van der Waals surface area contributed by atoms with E-state index >= 15 is 0 Å². The Labute approximate surface area is 109 Å². The minimum Gasteiger partial charge on any atom is -0.373 e. The lowest BCUT2D eigenvalue weighted by atomic mass is 9.84. The summed E-state index contributed by atoms with van der Waals surface area (Å²) in [4.78, 5) is 0. The average molecular weight is 251 g/mol.